The molecule has 152 valence electrons. The van der Waals surface area contributed by atoms with Crippen LogP contribution in [0.1, 0.15) is 30.3 Å². The second-order valence-corrected chi connectivity index (χ2v) is 7.15. The lowest BCUT2D eigenvalue weighted by Crippen LogP contribution is -2.43. The van der Waals surface area contributed by atoms with E-state index in [1.54, 1.807) is 17.0 Å². The SMILES string of the molecule is O=C(CCC1NC(=O)N(Cc2ccco2)C1=O)N1CCOC(c2ccccc2)C1. The lowest BCUT2D eigenvalue weighted by atomic mass is 10.1. The fourth-order valence-electron chi connectivity index (χ4n) is 3.65. The van der Waals surface area contributed by atoms with Gasteiger partial charge in [-0.1, -0.05) is 30.3 Å². The number of furan rings is 1. The molecule has 1 aromatic heterocycles. The van der Waals surface area contributed by atoms with Crippen molar-refractivity contribution in [2.75, 3.05) is 19.7 Å². The summed E-state index contributed by atoms with van der Waals surface area (Å²) >= 11 is 0. The molecule has 2 aliphatic rings. The third kappa shape index (κ3) is 4.32. The number of imide groups is 1. The quantitative estimate of drug-likeness (QED) is 0.754. The summed E-state index contributed by atoms with van der Waals surface area (Å²) in [5.74, 6) is 0.162. The molecule has 2 aliphatic heterocycles. The molecule has 29 heavy (non-hydrogen) atoms. The summed E-state index contributed by atoms with van der Waals surface area (Å²) in [5, 5.41) is 2.66. The maximum absolute atomic E-state index is 12.7. The maximum Gasteiger partial charge on any atom is 0.325 e. The van der Waals surface area contributed by atoms with E-state index >= 15 is 0 Å². The van der Waals surface area contributed by atoms with Crippen molar-refractivity contribution in [2.45, 2.75) is 31.5 Å². The number of benzene rings is 1. The molecule has 0 bridgehead atoms. The number of nitrogens with one attached hydrogen (secondary N) is 1. The van der Waals surface area contributed by atoms with Crippen molar-refractivity contribution in [2.24, 2.45) is 0 Å². The Morgan fingerprint density at radius 1 is 1.14 bits per heavy atom. The maximum atomic E-state index is 12.7. The zero-order valence-corrected chi connectivity index (χ0v) is 16.0. The van der Waals surface area contributed by atoms with Gasteiger partial charge < -0.3 is 19.4 Å². The van der Waals surface area contributed by atoms with Crippen LogP contribution in [0.25, 0.3) is 0 Å². The molecule has 1 N–H and O–H groups in total. The van der Waals surface area contributed by atoms with Crippen LogP contribution in [0.3, 0.4) is 0 Å². The molecule has 1 aromatic carbocycles. The molecule has 0 radical (unpaired) electrons. The Labute approximate surface area is 168 Å². The minimum atomic E-state index is -0.688. The van der Waals surface area contributed by atoms with Gasteiger partial charge in [-0.3, -0.25) is 14.5 Å². The minimum Gasteiger partial charge on any atom is -0.467 e. The predicted molar refractivity (Wildman–Crippen MR) is 103 cm³/mol. The second-order valence-electron chi connectivity index (χ2n) is 7.15. The zero-order chi connectivity index (χ0) is 20.2. The van der Waals surface area contributed by atoms with Crippen LogP contribution in [-0.2, 0) is 20.9 Å². The second kappa shape index (κ2) is 8.48. The molecule has 3 heterocycles. The van der Waals surface area contributed by atoms with Crippen molar-refractivity contribution in [3.63, 3.8) is 0 Å². The standard InChI is InChI=1S/C21H23N3O5/c25-19(23-10-12-29-18(14-23)15-5-2-1-3-6-15)9-8-17-20(26)24(21(27)22-17)13-16-7-4-11-28-16/h1-7,11,17-18H,8-10,12-14H2,(H,22,27). The van der Waals surface area contributed by atoms with E-state index in [1.807, 2.05) is 30.3 Å². The molecule has 2 fully saturated rings. The zero-order valence-electron chi connectivity index (χ0n) is 16.0. The number of ether oxygens (including phenoxy) is 1. The lowest BCUT2D eigenvalue weighted by molar-refractivity contribution is -0.139. The molecule has 4 amide bonds. The van der Waals surface area contributed by atoms with Gasteiger partial charge in [-0.2, -0.15) is 0 Å². The molecule has 4 rings (SSSR count). The van der Waals surface area contributed by atoms with Gasteiger partial charge in [-0.05, 0) is 24.1 Å². The number of amides is 4. The average Bonchev–Trinajstić information content (AvgIpc) is 3.36. The van der Waals surface area contributed by atoms with Gasteiger partial charge in [0.2, 0.25) is 5.91 Å². The number of hydrogen-bond donors (Lipinski definition) is 1. The third-order valence-corrected chi connectivity index (χ3v) is 5.24. The van der Waals surface area contributed by atoms with Crippen molar-refractivity contribution < 1.29 is 23.5 Å². The summed E-state index contributed by atoms with van der Waals surface area (Å²) in [4.78, 5) is 40.2. The molecule has 8 heteroatoms. The van der Waals surface area contributed by atoms with Crippen LogP contribution in [0.15, 0.2) is 53.1 Å². The Morgan fingerprint density at radius 2 is 1.97 bits per heavy atom. The van der Waals surface area contributed by atoms with Gasteiger partial charge in [0.1, 0.15) is 17.9 Å². The number of hydrogen-bond acceptors (Lipinski definition) is 5. The monoisotopic (exact) mass is 397 g/mol. The van der Waals surface area contributed by atoms with E-state index in [-0.39, 0.29) is 37.3 Å². The van der Waals surface area contributed by atoms with Crippen molar-refractivity contribution in [1.29, 1.82) is 0 Å². The summed E-state index contributed by atoms with van der Waals surface area (Å²) < 4.78 is 11.0. The van der Waals surface area contributed by atoms with Gasteiger partial charge in [0.05, 0.1) is 26.0 Å². The molecular formula is C21H23N3O5. The number of morpholine rings is 1. The summed E-state index contributed by atoms with van der Waals surface area (Å²) in [6.07, 6.45) is 1.80. The Bertz CT molecular complexity index is 868. The average molecular weight is 397 g/mol. The van der Waals surface area contributed by atoms with E-state index in [2.05, 4.69) is 5.32 Å². The number of rotatable bonds is 6. The highest BCUT2D eigenvalue weighted by molar-refractivity contribution is 6.04. The van der Waals surface area contributed by atoms with Crippen molar-refractivity contribution in [3.05, 3.63) is 60.1 Å². The summed E-state index contributed by atoms with van der Waals surface area (Å²) in [5.41, 5.74) is 1.04. The summed E-state index contributed by atoms with van der Waals surface area (Å²) in [7, 11) is 0. The fourth-order valence-corrected chi connectivity index (χ4v) is 3.65. The minimum absolute atomic E-state index is 0.0410. The van der Waals surface area contributed by atoms with E-state index in [1.165, 1.54) is 6.26 Å². The Balaban J connectivity index is 1.30. The first-order valence-electron chi connectivity index (χ1n) is 9.70. The van der Waals surface area contributed by atoms with E-state index in [9.17, 15) is 14.4 Å². The van der Waals surface area contributed by atoms with E-state index < -0.39 is 12.1 Å². The highest BCUT2D eigenvalue weighted by Gasteiger charge is 2.38. The van der Waals surface area contributed by atoms with Gasteiger partial charge in [-0.25, -0.2) is 4.79 Å². The number of carbonyl (C=O) groups is 3. The third-order valence-electron chi connectivity index (χ3n) is 5.24. The summed E-state index contributed by atoms with van der Waals surface area (Å²) in [6.45, 7) is 1.57. The molecule has 0 spiro atoms. The topological polar surface area (TPSA) is 92.1 Å². The number of carbonyl (C=O) groups excluding carboxylic acids is 3. The first-order valence-corrected chi connectivity index (χ1v) is 9.70. The van der Waals surface area contributed by atoms with Crippen LogP contribution in [0, 0.1) is 0 Å². The van der Waals surface area contributed by atoms with Gasteiger partial charge in [0.25, 0.3) is 5.91 Å². The smallest absolute Gasteiger partial charge is 0.325 e. The van der Waals surface area contributed by atoms with Crippen molar-refractivity contribution >= 4 is 17.8 Å². The van der Waals surface area contributed by atoms with Gasteiger partial charge >= 0.3 is 6.03 Å². The van der Waals surface area contributed by atoms with Gasteiger partial charge in [0, 0.05) is 13.0 Å². The highest BCUT2D eigenvalue weighted by atomic mass is 16.5. The molecule has 2 saturated heterocycles. The Morgan fingerprint density at radius 3 is 2.72 bits per heavy atom. The van der Waals surface area contributed by atoms with Crippen molar-refractivity contribution in [3.8, 4) is 0 Å². The molecule has 8 nitrogen and oxygen atoms in total. The van der Waals surface area contributed by atoms with Crippen molar-refractivity contribution in [1.82, 2.24) is 15.1 Å². The van der Waals surface area contributed by atoms with Crippen LogP contribution >= 0.6 is 0 Å². The van der Waals surface area contributed by atoms with Crippen LogP contribution in [0.5, 0.6) is 0 Å². The highest BCUT2D eigenvalue weighted by Crippen LogP contribution is 2.23. The fraction of sp³-hybridized carbons (Fsp3) is 0.381. The van der Waals surface area contributed by atoms with Crippen LogP contribution in [0.2, 0.25) is 0 Å². The normalized spacial score (nSPS) is 22.1. The molecular weight excluding hydrogens is 374 g/mol. The molecule has 2 atom stereocenters. The van der Waals surface area contributed by atoms with E-state index in [0.717, 1.165) is 10.5 Å². The largest absolute Gasteiger partial charge is 0.467 e. The molecule has 0 saturated carbocycles. The molecule has 0 aliphatic carbocycles. The Kier molecular flexibility index (Phi) is 5.62. The Hall–Kier alpha value is -3.13. The number of urea groups is 1. The van der Waals surface area contributed by atoms with Gasteiger partial charge in [0.15, 0.2) is 0 Å². The number of nitrogens with zero attached hydrogens (tertiary/aromatic N) is 2. The van der Waals surface area contributed by atoms with Gasteiger partial charge in [-0.15, -0.1) is 0 Å². The lowest BCUT2D eigenvalue weighted by Gasteiger charge is -2.33. The van der Waals surface area contributed by atoms with Crippen LogP contribution in [-0.4, -0.2) is 53.4 Å². The summed E-state index contributed by atoms with van der Waals surface area (Å²) in [6, 6.07) is 12.1. The van der Waals surface area contributed by atoms with E-state index in [0.29, 0.717) is 25.5 Å². The first-order chi connectivity index (χ1) is 14.1. The first kappa shape index (κ1) is 19.2. The van der Waals surface area contributed by atoms with Crippen LogP contribution in [0.4, 0.5) is 4.79 Å². The van der Waals surface area contributed by atoms with E-state index in [4.69, 9.17) is 9.15 Å². The molecule has 2 unspecified atom stereocenters. The predicted octanol–water partition coefficient (Wildman–Crippen LogP) is 2.08. The van der Waals surface area contributed by atoms with Crippen LogP contribution < -0.4 is 5.32 Å². The molecule has 2 aromatic rings.